The van der Waals surface area contributed by atoms with Crippen LogP contribution in [0, 0.1) is 13.8 Å². The van der Waals surface area contributed by atoms with Gasteiger partial charge in [-0.1, -0.05) is 12.1 Å². The van der Waals surface area contributed by atoms with Gasteiger partial charge in [-0.3, -0.25) is 14.9 Å². The average molecular weight is 454 g/mol. The van der Waals surface area contributed by atoms with Gasteiger partial charge < -0.3 is 10.1 Å². The van der Waals surface area contributed by atoms with Crippen molar-refractivity contribution in [1.29, 1.82) is 0 Å². The van der Waals surface area contributed by atoms with Gasteiger partial charge in [-0.25, -0.2) is 13.2 Å². The molecule has 0 aliphatic rings. The number of rotatable bonds is 9. The number of carbonyl (C=O) groups is 3. The molecule has 11 heteroatoms. The van der Waals surface area contributed by atoms with Crippen molar-refractivity contribution >= 4 is 39.3 Å². The van der Waals surface area contributed by atoms with Crippen LogP contribution in [0.2, 0.25) is 0 Å². The number of benzene rings is 1. The minimum Gasteiger partial charge on any atom is -0.455 e. The molecule has 9 nitrogen and oxygen atoms in total. The minimum absolute atomic E-state index is 0.0235. The number of sulfonamides is 1. The normalized spacial score (nSPS) is 11.0. The standard InChI is InChI=1S/C19H23N3O6S2/c1-13-5-6-16(10-14(13)2)30(26,27)21-11-18(24)28-12-17(23)22-19(25)20-8-7-15-4-3-9-29-15/h3-6,9-10,21H,7-8,11-12H2,1-2H3,(H2,20,22,23,25). The molecule has 1 heterocycles. The smallest absolute Gasteiger partial charge is 0.321 e. The van der Waals surface area contributed by atoms with E-state index in [1.54, 1.807) is 24.3 Å². The van der Waals surface area contributed by atoms with Crippen LogP contribution < -0.4 is 15.4 Å². The number of ether oxygens (including phenoxy) is 1. The first-order chi connectivity index (χ1) is 14.2. The Bertz CT molecular complexity index is 1000. The third-order valence-corrected chi connectivity index (χ3v) is 6.38. The Morgan fingerprint density at radius 3 is 2.53 bits per heavy atom. The summed E-state index contributed by atoms with van der Waals surface area (Å²) in [4.78, 5) is 36.1. The molecule has 0 radical (unpaired) electrons. The molecule has 2 aromatic rings. The molecule has 0 saturated heterocycles. The van der Waals surface area contributed by atoms with Gasteiger partial charge in [0.2, 0.25) is 10.0 Å². The Kier molecular flexibility index (Phi) is 8.51. The summed E-state index contributed by atoms with van der Waals surface area (Å²) in [6.45, 7) is 2.63. The summed E-state index contributed by atoms with van der Waals surface area (Å²) in [5.74, 6) is -1.77. The molecule has 0 unspecified atom stereocenters. The van der Waals surface area contributed by atoms with E-state index in [2.05, 4.69) is 14.8 Å². The second-order valence-electron chi connectivity index (χ2n) is 6.36. The van der Waals surface area contributed by atoms with Crippen LogP contribution in [-0.2, 0) is 30.8 Å². The molecule has 1 aromatic carbocycles. The highest BCUT2D eigenvalue weighted by Crippen LogP contribution is 2.14. The number of nitrogens with one attached hydrogen (secondary N) is 3. The third-order valence-electron chi connectivity index (χ3n) is 4.05. The highest BCUT2D eigenvalue weighted by atomic mass is 32.2. The molecular formula is C19H23N3O6S2. The summed E-state index contributed by atoms with van der Waals surface area (Å²) in [5, 5.41) is 6.46. The van der Waals surface area contributed by atoms with Gasteiger partial charge in [-0.15, -0.1) is 11.3 Å². The number of carbonyl (C=O) groups excluding carboxylic acids is 3. The number of imide groups is 1. The number of hydrogen-bond acceptors (Lipinski definition) is 7. The Balaban J connectivity index is 1.68. The molecule has 0 bridgehead atoms. The first kappa shape index (κ1) is 23.5. The van der Waals surface area contributed by atoms with E-state index in [-0.39, 0.29) is 4.90 Å². The van der Waals surface area contributed by atoms with Gasteiger partial charge in [0.05, 0.1) is 4.90 Å². The van der Waals surface area contributed by atoms with Crippen molar-refractivity contribution in [2.24, 2.45) is 0 Å². The molecule has 0 spiro atoms. The van der Waals surface area contributed by atoms with E-state index >= 15 is 0 Å². The first-order valence-electron chi connectivity index (χ1n) is 9.00. The Hall–Kier alpha value is -2.76. The van der Waals surface area contributed by atoms with Crippen molar-refractivity contribution in [3.63, 3.8) is 0 Å². The van der Waals surface area contributed by atoms with Gasteiger partial charge in [-0.05, 0) is 55.0 Å². The van der Waals surface area contributed by atoms with E-state index < -0.39 is 41.1 Å². The molecule has 3 N–H and O–H groups in total. The monoisotopic (exact) mass is 453 g/mol. The summed E-state index contributed by atoms with van der Waals surface area (Å²) < 4.78 is 31.2. The molecule has 3 amide bonds. The van der Waals surface area contributed by atoms with Crippen LogP contribution in [0.4, 0.5) is 4.79 Å². The predicted octanol–water partition coefficient (Wildman–Crippen LogP) is 1.25. The van der Waals surface area contributed by atoms with E-state index in [0.717, 1.165) is 16.0 Å². The number of amides is 3. The Labute approximate surface area is 178 Å². The average Bonchev–Trinajstić information content (AvgIpc) is 3.20. The Morgan fingerprint density at radius 1 is 1.10 bits per heavy atom. The molecule has 1 aromatic heterocycles. The zero-order chi connectivity index (χ0) is 22.1. The lowest BCUT2D eigenvalue weighted by molar-refractivity contribution is -0.147. The summed E-state index contributed by atoms with van der Waals surface area (Å²) in [5.41, 5.74) is 1.74. The van der Waals surface area contributed by atoms with E-state index in [9.17, 15) is 22.8 Å². The predicted molar refractivity (Wildman–Crippen MR) is 112 cm³/mol. The van der Waals surface area contributed by atoms with E-state index in [1.165, 1.54) is 12.1 Å². The quantitative estimate of drug-likeness (QED) is 0.490. The zero-order valence-corrected chi connectivity index (χ0v) is 18.2. The van der Waals surface area contributed by atoms with E-state index in [0.29, 0.717) is 13.0 Å². The second-order valence-corrected chi connectivity index (χ2v) is 9.16. The highest BCUT2D eigenvalue weighted by molar-refractivity contribution is 7.89. The Morgan fingerprint density at radius 2 is 1.87 bits per heavy atom. The molecular weight excluding hydrogens is 430 g/mol. The number of esters is 1. The van der Waals surface area contributed by atoms with Crippen molar-refractivity contribution in [1.82, 2.24) is 15.4 Å². The van der Waals surface area contributed by atoms with Crippen molar-refractivity contribution in [3.8, 4) is 0 Å². The van der Waals surface area contributed by atoms with Gasteiger partial charge in [0.1, 0.15) is 6.54 Å². The lowest BCUT2D eigenvalue weighted by Gasteiger charge is -2.09. The topological polar surface area (TPSA) is 131 Å². The van der Waals surface area contributed by atoms with E-state index in [1.807, 2.05) is 29.8 Å². The number of urea groups is 1. The third kappa shape index (κ3) is 7.58. The van der Waals surface area contributed by atoms with Gasteiger partial charge in [-0.2, -0.15) is 4.72 Å². The van der Waals surface area contributed by atoms with Gasteiger partial charge >= 0.3 is 12.0 Å². The van der Waals surface area contributed by atoms with Crippen LogP contribution in [0.15, 0.2) is 40.6 Å². The summed E-state index contributed by atoms with van der Waals surface area (Å²) in [6, 6.07) is 7.72. The largest absolute Gasteiger partial charge is 0.455 e. The number of aryl methyl sites for hydroxylation is 2. The van der Waals surface area contributed by atoms with Crippen LogP contribution >= 0.6 is 11.3 Å². The zero-order valence-electron chi connectivity index (χ0n) is 16.6. The maximum absolute atomic E-state index is 12.2. The SMILES string of the molecule is Cc1ccc(S(=O)(=O)NCC(=O)OCC(=O)NC(=O)NCCc2cccs2)cc1C. The van der Waals surface area contributed by atoms with Crippen molar-refractivity contribution in [2.75, 3.05) is 19.7 Å². The van der Waals surface area contributed by atoms with Crippen LogP contribution in [-0.4, -0.2) is 46.0 Å². The van der Waals surface area contributed by atoms with Gasteiger partial charge in [0.15, 0.2) is 6.61 Å². The lowest BCUT2D eigenvalue weighted by Crippen LogP contribution is -2.42. The molecule has 0 atom stereocenters. The maximum atomic E-state index is 12.2. The molecule has 0 aliphatic carbocycles. The van der Waals surface area contributed by atoms with E-state index in [4.69, 9.17) is 0 Å². The lowest BCUT2D eigenvalue weighted by atomic mass is 10.1. The molecule has 0 saturated carbocycles. The molecule has 162 valence electrons. The van der Waals surface area contributed by atoms with Crippen molar-refractivity contribution in [3.05, 3.63) is 51.7 Å². The summed E-state index contributed by atoms with van der Waals surface area (Å²) in [7, 11) is -3.90. The summed E-state index contributed by atoms with van der Waals surface area (Å²) >= 11 is 1.56. The number of thiophene rings is 1. The fourth-order valence-electron chi connectivity index (χ4n) is 2.28. The van der Waals surface area contributed by atoms with Gasteiger partial charge in [0, 0.05) is 11.4 Å². The van der Waals surface area contributed by atoms with Gasteiger partial charge in [0.25, 0.3) is 5.91 Å². The second kappa shape index (κ2) is 10.9. The summed E-state index contributed by atoms with van der Waals surface area (Å²) in [6.07, 6.45) is 0.634. The minimum atomic E-state index is -3.90. The van der Waals surface area contributed by atoms with Crippen LogP contribution in [0.25, 0.3) is 0 Å². The maximum Gasteiger partial charge on any atom is 0.321 e. The molecule has 0 aliphatic heterocycles. The highest BCUT2D eigenvalue weighted by Gasteiger charge is 2.17. The molecule has 0 fully saturated rings. The number of hydrogen-bond donors (Lipinski definition) is 3. The van der Waals surface area contributed by atoms with Crippen LogP contribution in [0.3, 0.4) is 0 Å². The van der Waals surface area contributed by atoms with Crippen LogP contribution in [0.5, 0.6) is 0 Å². The first-order valence-corrected chi connectivity index (χ1v) is 11.4. The fraction of sp³-hybridized carbons (Fsp3) is 0.316. The fourth-order valence-corrected chi connectivity index (χ4v) is 4.04. The van der Waals surface area contributed by atoms with Crippen molar-refractivity contribution in [2.45, 2.75) is 25.2 Å². The van der Waals surface area contributed by atoms with Crippen molar-refractivity contribution < 1.29 is 27.5 Å². The van der Waals surface area contributed by atoms with Crippen LogP contribution in [0.1, 0.15) is 16.0 Å². The molecule has 30 heavy (non-hydrogen) atoms. The molecule has 2 rings (SSSR count).